The van der Waals surface area contributed by atoms with Gasteiger partial charge in [-0.25, -0.2) is 0 Å². The molecule has 72 valence electrons. The summed E-state index contributed by atoms with van der Waals surface area (Å²) in [5, 5.41) is 0. The van der Waals surface area contributed by atoms with Crippen LogP contribution in [0, 0.1) is 0 Å². The van der Waals surface area contributed by atoms with Gasteiger partial charge in [0.15, 0.2) is 0 Å². The van der Waals surface area contributed by atoms with Gasteiger partial charge >= 0.3 is 0 Å². The average molecular weight is 179 g/mol. The van der Waals surface area contributed by atoms with Gasteiger partial charge in [-0.3, -0.25) is 4.79 Å². The van der Waals surface area contributed by atoms with Crippen LogP contribution in [-0.4, -0.2) is 24.9 Å². The molecule has 2 nitrogen and oxygen atoms in total. The minimum absolute atomic E-state index is 0.0554. The molecule has 0 fully saturated rings. The minimum Gasteiger partial charge on any atom is -0.345 e. The first-order valence-electron chi connectivity index (χ1n) is 4.20. The van der Waals surface area contributed by atoms with Crippen LogP contribution >= 0.6 is 0 Å². The van der Waals surface area contributed by atoms with Crippen molar-refractivity contribution >= 4 is 5.91 Å². The zero-order chi connectivity index (χ0) is 10.4. The van der Waals surface area contributed by atoms with Crippen molar-refractivity contribution in [3.63, 3.8) is 0 Å². The predicted molar refractivity (Wildman–Crippen MR) is 56.4 cm³/mol. The lowest BCUT2D eigenvalue weighted by Crippen LogP contribution is -2.22. The molecule has 2 heteroatoms. The van der Waals surface area contributed by atoms with Crippen molar-refractivity contribution in [2.75, 3.05) is 14.1 Å². The molecule has 0 saturated carbocycles. The van der Waals surface area contributed by atoms with Crippen LogP contribution in [0.4, 0.5) is 0 Å². The van der Waals surface area contributed by atoms with Gasteiger partial charge in [0.25, 0.3) is 5.91 Å². The van der Waals surface area contributed by atoms with Crippen LogP contribution < -0.4 is 0 Å². The van der Waals surface area contributed by atoms with E-state index in [1.54, 1.807) is 20.2 Å². The van der Waals surface area contributed by atoms with Crippen LogP contribution in [0.15, 0.2) is 36.0 Å². The third kappa shape index (κ3) is 4.31. The van der Waals surface area contributed by atoms with Gasteiger partial charge < -0.3 is 4.90 Å². The average Bonchev–Trinajstić information content (AvgIpc) is 2.11. The molecule has 0 spiro atoms. The first-order chi connectivity index (χ1) is 5.99. The van der Waals surface area contributed by atoms with E-state index < -0.39 is 0 Å². The van der Waals surface area contributed by atoms with E-state index in [4.69, 9.17) is 0 Å². The van der Waals surface area contributed by atoms with Crippen molar-refractivity contribution in [1.82, 2.24) is 4.90 Å². The van der Waals surface area contributed by atoms with E-state index >= 15 is 0 Å². The molecule has 0 radical (unpaired) electrons. The summed E-state index contributed by atoms with van der Waals surface area (Å²) >= 11 is 0. The lowest BCUT2D eigenvalue weighted by atomic mass is 10.2. The van der Waals surface area contributed by atoms with Crippen LogP contribution in [0.2, 0.25) is 0 Å². The van der Waals surface area contributed by atoms with Crippen molar-refractivity contribution in [1.29, 1.82) is 0 Å². The Kier molecular flexibility index (Phi) is 4.82. The Labute approximate surface area is 80.2 Å². The number of carbonyl (C=O) groups excluding carboxylic acids is 1. The zero-order valence-corrected chi connectivity index (χ0v) is 8.79. The molecule has 1 amide bonds. The number of rotatable bonds is 3. The lowest BCUT2D eigenvalue weighted by molar-refractivity contribution is -0.124. The highest BCUT2D eigenvalue weighted by molar-refractivity contribution is 5.95. The van der Waals surface area contributed by atoms with Crippen LogP contribution in [-0.2, 0) is 4.79 Å². The fourth-order valence-electron chi connectivity index (χ4n) is 0.687. The number of nitrogens with zero attached hydrogens (tertiary/aromatic N) is 1. The summed E-state index contributed by atoms with van der Waals surface area (Å²) in [6, 6.07) is 0. The maximum atomic E-state index is 11.3. The number of allylic oxidation sites excluding steroid dienone is 3. The van der Waals surface area contributed by atoms with Gasteiger partial charge in [-0.2, -0.15) is 0 Å². The number of hydrogen-bond donors (Lipinski definition) is 0. The van der Waals surface area contributed by atoms with Crippen molar-refractivity contribution in [2.45, 2.75) is 13.8 Å². The Morgan fingerprint density at radius 2 is 1.85 bits per heavy atom. The Hall–Kier alpha value is -1.31. The topological polar surface area (TPSA) is 20.3 Å². The molecule has 0 rings (SSSR count). The van der Waals surface area contributed by atoms with Crippen molar-refractivity contribution < 1.29 is 4.79 Å². The van der Waals surface area contributed by atoms with E-state index in [9.17, 15) is 4.79 Å². The molecule has 0 saturated heterocycles. The molecule has 0 atom stereocenters. The molecule has 0 aromatic heterocycles. The van der Waals surface area contributed by atoms with E-state index in [1.807, 2.05) is 26.0 Å². The highest BCUT2D eigenvalue weighted by Gasteiger charge is 2.04. The third-order valence-corrected chi connectivity index (χ3v) is 1.68. The van der Waals surface area contributed by atoms with E-state index in [2.05, 4.69) is 6.58 Å². The fourth-order valence-corrected chi connectivity index (χ4v) is 0.687. The predicted octanol–water partition coefficient (Wildman–Crippen LogP) is 2.15. The van der Waals surface area contributed by atoms with Gasteiger partial charge in [0, 0.05) is 19.7 Å². The summed E-state index contributed by atoms with van der Waals surface area (Å²) in [6.45, 7) is 7.61. The van der Waals surface area contributed by atoms with Crippen LogP contribution in [0.25, 0.3) is 0 Å². The number of carbonyl (C=O) groups is 1. The Morgan fingerprint density at radius 1 is 1.31 bits per heavy atom. The summed E-state index contributed by atoms with van der Waals surface area (Å²) in [5.74, 6) is -0.0554. The molecule has 13 heavy (non-hydrogen) atoms. The quantitative estimate of drug-likeness (QED) is 0.480. The Morgan fingerprint density at radius 3 is 2.23 bits per heavy atom. The van der Waals surface area contributed by atoms with Crippen molar-refractivity contribution in [2.24, 2.45) is 0 Å². The molecule has 0 bridgehead atoms. The Bertz CT molecular complexity index is 259. The second-order valence-corrected chi connectivity index (χ2v) is 3.09. The van der Waals surface area contributed by atoms with E-state index in [-0.39, 0.29) is 5.91 Å². The van der Waals surface area contributed by atoms with Gasteiger partial charge in [-0.05, 0) is 19.9 Å². The summed E-state index contributed by atoms with van der Waals surface area (Å²) in [5.41, 5.74) is 1.62. The molecule has 0 N–H and O–H groups in total. The third-order valence-electron chi connectivity index (χ3n) is 1.68. The zero-order valence-electron chi connectivity index (χ0n) is 8.79. The summed E-state index contributed by atoms with van der Waals surface area (Å²) in [4.78, 5) is 12.8. The number of likely N-dealkylation sites (N-methyl/N-ethyl adjacent to an activating group) is 1. The molecule has 0 aromatic carbocycles. The monoisotopic (exact) mass is 179 g/mol. The van der Waals surface area contributed by atoms with Crippen molar-refractivity contribution in [3.8, 4) is 0 Å². The second-order valence-electron chi connectivity index (χ2n) is 3.09. The highest BCUT2D eigenvalue weighted by Crippen LogP contribution is 2.01. The smallest absolute Gasteiger partial charge is 0.252 e. The molecule has 0 heterocycles. The maximum Gasteiger partial charge on any atom is 0.252 e. The molecular formula is C11H17NO. The Balaban J connectivity index is 4.32. The fraction of sp³-hybridized carbons (Fsp3) is 0.364. The van der Waals surface area contributed by atoms with Crippen LogP contribution in [0.1, 0.15) is 13.8 Å². The first kappa shape index (κ1) is 11.7. The summed E-state index contributed by atoms with van der Waals surface area (Å²) in [7, 11) is 3.42. The molecule has 0 unspecified atom stereocenters. The summed E-state index contributed by atoms with van der Waals surface area (Å²) in [6.07, 6.45) is 5.59. The van der Waals surface area contributed by atoms with E-state index in [1.165, 1.54) is 4.90 Å². The van der Waals surface area contributed by atoms with Crippen molar-refractivity contribution in [3.05, 3.63) is 36.0 Å². The van der Waals surface area contributed by atoms with E-state index in [0.29, 0.717) is 5.57 Å². The lowest BCUT2D eigenvalue weighted by Gasteiger charge is -2.09. The normalized spacial score (nSPS) is 11.8. The molecule has 0 aliphatic rings. The second kappa shape index (κ2) is 5.36. The van der Waals surface area contributed by atoms with Gasteiger partial charge in [0.1, 0.15) is 0 Å². The number of hydrogen-bond acceptors (Lipinski definition) is 1. The summed E-state index contributed by atoms with van der Waals surface area (Å²) < 4.78 is 0. The largest absolute Gasteiger partial charge is 0.345 e. The van der Waals surface area contributed by atoms with Gasteiger partial charge in [0.05, 0.1) is 0 Å². The van der Waals surface area contributed by atoms with Gasteiger partial charge in [-0.1, -0.05) is 24.3 Å². The van der Waals surface area contributed by atoms with Gasteiger partial charge in [0.2, 0.25) is 0 Å². The van der Waals surface area contributed by atoms with Crippen LogP contribution in [0.3, 0.4) is 0 Å². The number of amides is 1. The van der Waals surface area contributed by atoms with Crippen LogP contribution in [0.5, 0.6) is 0 Å². The molecule has 0 aromatic rings. The SMILES string of the molecule is C=C(/C=C\C(C)=C/C)C(=O)N(C)C. The standard InChI is InChI=1S/C11H17NO/c1-6-9(2)7-8-10(3)11(13)12(4)5/h6-8H,3H2,1-2,4-5H3/b8-7-,9-6-. The maximum absolute atomic E-state index is 11.3. The highest BCUT2D eigenvalue weighted by atomic mass is 16.2. The molecule has 0 aliphatic carbocycles. The molecular weight excluding hydrogens is 162 g/mol. The molecule has 0 aliphatic heterocycles. The van der Waals surface area contributed by atoms with E-state index in [0.717, 1.165) is 5.57 Å². The minimum atomic E-state index is -0.0554. The van der Waals surface area contributed by atoms with Gasteiger partial charge in [-0.15, -0.1) is 0 Å². The first-order valence-corrected chi connectivity index (χ1v) is 4.20.